The SMILES string of the molecule is C=C(CCCCc1ccncc1)C(=O)O. The molecule has 0 atom stereocenters. The molecule has 0 aromatic carbocycles. The van der Waals surface area contributed by atoms with Gasteiger partial charge in [-0.05, 0) is 43.4 Å². The van der Waals surface area contributed by atoms with Crippen molar-refractivity contribution in [3.8, 4) is 0 Å². The fraction of sp³-hybridized carbons (Fsp3) is 0.333. The molecule has 0 spiro atoms. The number of rotatable bonds is 6. The number of nitrogens with zero attached hydrogens (tertiary/aromatic N) is 1. The van der Waals surface area contributed by atoms with Crippen molar-refractivity contribution in [2.45, 2.75) is 25.7 Å². The summed E-state index contributed by atoms with van der Waals surface area (Å²) in [6.45, 7) is 3.49. The molecule has 15 heavy (non-hydrogen) atoms. The summed E-state index contributed by atoms with van der Waals surface area (Å²) in [4.78, 5) is 14.4. The van der Waals surface area contributed by atoms with Crippen LogP contribution < -0.4 is 0 Å². The lowest BCUT2D eigenvalue weighted by atomic mass is 10.1. The lowest BCUT2D eigenvalue weighted by Gasteiger charge is -2.01. The molecule has 0 unspecified atom stereocenters. The maximum absolute atomic E-state index is 10.5. The van der Waals surface area contributed by atoms with Crippen LogP contribution in [0.1, 0.15) is 24.8 Å². The highest BCUT2D eigenvalue weighted by Crippen LogP contribution is 2.09. The number of carboxylic acid groups (broad SMARTS) is 1. The van der Waals surface area contributed by atoms with Crippen LogP contribution >= 0.6 is 0 Å². The van der Waals surface area contributed by atoms with Gasteiger partial charge in [0.25, 0.3) is 0 Å². The highest BCUT2D eigenvalue weighted by Gasteiger charge is 2.02. The monoisotopic (exact) mass is 205 g/mol. The number of hydrogen-bond donors (Lipinski definition) is 1. The molecule has 1 N–H and O–H groups in total. The van der Waals surface area contributed by atoms with E-state index in [1.54, 1.807) is 12.4 Å². The first-order valence-electron chi connectivity index (χ1n) is 5.00. The van der Waals surface area contributed by atoms with E-state index in [-0.39, 0.29) is 0 Å². The van der Waals surface area contributed by atoms with Gasteiger partial charge in [0.1, 0.15) is 0 Å². The standard InChI is InChI=1S/C12H15NO2/c1-10(12(14)15)4-2-3-5-11-6-8-13-9-7-11/h6-9H,1-5H2,(H,14,15). The van der Waals surface area contributed by atoms with Crippen molar-refractivity contribution in [2.75, 3.05) is 0 Å². The largest absolute Gasteiger partial charge is 0.478 e. The number of aliphatic carboxylic acids is 1. The Bertz CT molecular complexity index is 333. The van der Waals surface area contributed by atoms with E-state index >= 15 is 0 Å². The van der Waals surface area contributed by atoms with Gasteiger partial charge in [-0.1, -0.05) is 6.58 Å². The molecule has 0 aliphatic carbocycles. The molecule has 1 aromatic heterocycles. The molecular weight excluding hydrogens is 190 g/mol. The van der Waals surface area contributed by atoms with Crippen LogP contribution in [0, 0.1) is 0 Å². The van der Waals surface area contributed by atoms with Gasteiger partial charge in [0.2, 0.25) is 0 Å². The second-order valence-corrected chi connectivity index (χ2v) is 3.47. The zero-order chi connectivity index (χ0) is 11.1. The maximum Gasteiger partial charge on any atom is 0.330 e. The van der Waals surface area contributed by atoms with Gasteiger partial charge < -0.3 is 5.11 Å². The molecule has 0 aliphatic rings. The lowest BCUT2D eigenvalue weighted by molar-refractivity contribution is -0.132. The minimum atomic E-state index is -0.890. The highest BCUT2D eigenvalue weighted by atomic mass is 16.4. The van der Waals surface area contributed by atoms with Crippen molar-refractivity contribution in [1.29, 1.82) is 0 Å². The first kappa shape index (κ1) is 11.4. The van der Waals surface area contributed by atoms with Gasteiger partial charge in [-0.3, -0.25) is 4.98 Å². The second-order valence-electron chi connectivity index (χ2n) is 3.47. The molecule has 0 radical (unpaired) electrons. The molecule has 0 amide bonds. The lowest BCUT2D eigenvalue weighted by Crippen LogP contribution is -1.98. The summed E-state index contributed by atoms with van der Waals surface area (Å²) in [5, 5.41) is 8.59. The van der Waals surface area contributed by atoms with Gasteiger partial charge in [-0.2, -0.15) is 0 Å². The van der Waals surface area contributed by atoms with Crippen LogP contribution in [-0.2, 0) is 11.2 Å². The molecule has 3 heteroatoms. The minimum absolute atomic E-state index is 0.296. The number of aryl methyl sites for hydroxylation is 1. The molecule has 1 aromatic rings. The molecule has 0 aliphatic heterocycles. The molecule has 1 heterocycles. The summed E-state index contributed by atoms with van der Waals surface area (Å²) in [6, 6.07) is 3.96. The van der Waals surface area contributed by atoms with Gasteiger partial charge in [-0.25, -0.2) is 4.79 Å². The van der Waals surface area contributed by atoms with Crippen LogP contribution in [0.4, 0.5) is 0 Å². The molecule has 0 saturated carbocycles. The Kier molecular flexibility index (Phi) is 4.54. The molecule has 3 nitrogen and oxygen atoms in total. The van der Waals surface area contributed by atoms with E-state index in [9.17, 15) is 4.79 Å². The summed E-state index contributed by atoms with van der Waals surface area (Å²) in [7, 11) is 0. The number of pyridine rings is 1. The zero-order valence-corrected chi connectivity index (χ0v) is 8.65. The summed E-state index contributed by atoms with van der Waals surface area (Å²) in [6.07, 6.45) is 6.93. The summed E-state index contributed by atoms with van der Waals surface area (Å²) >= 11 is 0. The van der Waals surface area contributed by atoms with Crippen LogP contribution in [0.25, 0.3) is 0 Å². The van der Waals surface area contributed by atoms with Crippen molar-refractivity contribution >= 4 is 5.97 Å². The normalized spacial score (nSPS) is 9.87. The van der Waals surface area contributed by atoms with Crippen molar-refractivity contribution in [1.82, 2.24) is 4.98 Å². The smallest absolute Gasteiger partial charge is 0.330 e. The summed E-state index contributed by atoms with van der Waals surface area (Å²) < 4.78 is 0. The fourth-order valence-electron chi connectivity index (χ4n) is 1.32. The molecule has 1 rings (SSSR count). The van der Waals surface area contributed by atoms with Crippen LogP contribution in [0.2, 0.25) is 0 Å². The van der Waals surface area contributed by atoms with Gasteiger partial charge >= 0.3 is 5.97 Å². The average molecular weight is 205 g/mol. The predicted octanol–water partition coefficient (Wildman–Crippen LogP) is 2.44. The molecular formula is C12H15NO2. The Balaban J connectivity index is 2.18. The van der Waals surface area contributed by atoms with E-state index in [4.69, 9.17) is 5.11 Å². The topological polar surface area (TPSA) is 50.2 Å². The number of hydrogen-bond acceptors (Lipinski definition) is 2. The number of carbonyl (C=O) groups is 1. The number of carboxylic acids is 1. The van der Waals surface area contributed by atoms with E-state index in [1.165, 1.54) is 5.56 Å². The first-order valence-corrected chi connectivity index (χ1v) is 5.00. The van der Waals surface area contributed by atoms with E-state index in [1.807, 2.05) is 12.1 Å². The predicted molar refractivity (Wildman–Crippen MR) is 58.6 cm³/mol. The van der Waals surface area contributed by atoms with E-state index < -0.39 is 5.97 Å². The third kappa shape index (κ3) is 4.40. The second kappa shape index (κ2) is 5.96. The Labute approximate surface area is 89.5 Å². The third-order valence-electron chi connectivity index (χ3n) is 2.25. The van der Waals surface area contributed by atoms with Crippen molar-refractivity contribution in [3.63, 3.8) is 0 Å². The van der Waals surface area contributed by atoms with Crippen LogP contribution in [-0.4, -0.2) is 16.1 Å². The first-order chi connectivity index (χ1) is 7.20. The van der Waals surface area contributed by atoms with Crippen molar-refractivity contribution in [3.05, 3.63) is 42.2 Å². The zero-order valence-electron chi connectivity index (χ0n) is 8.65. The van der Waals surface area contributed by atoms with Crippen molar-refractivity contribution in [2.24, 2.45) is 0 Å². The molecule has 0 bridgehead atoms. The fourth-order valence-corrected chi connectivity index (χ4v) is 1.32. The molecule has 80 valence electrons. The summed E-state index contributed by atoms with van der Waals surface area (Å²) in [5.41, 5.74) is 1.54. The molecule has 0 fully saturated rings. The third-order valence-corrected chi connectivity index (χ3v) is 2.25. The minimum Gasteiger partial charge on any atom is -0.478 e. The van der Waals surface area contributed by atoms with Crippen molar-refractivity contribution < 1.29 is 9.90 Å². The maximum atomic E-state index is 10.5. The summed E-state index contributed by atoms with van der Waals surface area (Å²) in [5.74, 6) is -0.890. The van der Waals surface area contributed by atoms with Gasteiger partial charge in [0.15, 0.2) is 0 Å². The van der Waals surface area contributed by atoms with Crippen LogP contribution in [0.15, 0.2) is 36.7 Å². The van der Waals surface area contributed by atoms with Crippen LogP contribution in [0.5, 0.6) is 0 Å². The van der Waals surface area contributed by atoms with Crippen LogP contribution in [0.3, 0.4) is 0 Å². The Morgan fingerprint density at radius 1 is 1.33 bits per heavy atom. The Hall–Kier alpha value is -1.64. The van der Waals surface area contributed by atoms with E-state index in [0.717, 1.165) is 19.3 Å². The molecule has 0 saturated heterocycles. The highest BCUT2D eigenvalue weighted by molar-refractivity contribution is 5.85. The number of aromatic nitrogens is 1. The Morgan fingerprint density at radius 2 is 2.00 bits per heavy atom. The quantitative estimate of drug-likeness (QED) is 0.573. The van der Waals surface area contributed by atoms with E-state index in [2.05, 4.69) is 11.6 Å². The average Bonchev–Trinajstić information content (AvgIpc) is 2.25. The number of unbranched alkanes of at least 4 members (excludes halogenated alkanes) is 1. The van der Waals surface area contributed by atoms with Gasteiger partial charge in [0, 0.05) is 18.0 Å². The van der Waals surface area contributed by atoms with E-state index in [0.29, 0.717) is 12.0 Å². The Morgan fingerprint density at radius 3 is 2.60 bits per heavy atom. The van der Waals surface area contributed by atoms with Gasteiger partial charge in [0.05, 0.1) is 0 Å². The van der Waals surface area contributed by atoms with Gasteiger partial charge in [-0.15, -0.1) is 0 Å².